The van der Waals surface area contributed by atoms with Crippen LogP contribution in [-0.2, 0) is 28.6 Å². The van der Waals surface area contributed by atoms with Crippen LogP contribution in [0.1, 0.15) is 329 Å². The summed E-state index contributed by atoms with van der Waals surface area (Å²) >= 11 is 0. The van der Waals surface area contributed by atoms with Crippen molar-refractivity contribution >= 4 is 17.9 Å². The highest BCUT2D eigenvalue weighted by Gasteiger charge is 2.19. The number of ether oxygens (including phenoxy) is 3. The quantitative estimate of drug-likeness (QED) is 0.0261. The van der Waals surface area contributed by atoms with Crippen molar-refractivity contribution in [1.82, 2.24) is 0 Å². The molecule has 0 bridgehead atoms. The Morgan fingerprint density at radius 1 is 0.259 bits per heavy atom. The Bertz CT molecular complexity index is 1620. The largest absolute Gasteiger partial charge is 0.462 e. The van der Waals surface area contributed by atoms with Crippen molar-refractivity contribution in [3.63, 3.8) is 0 Å². The zero-order valence-corrected chi connectivity index (χ0v) is 53.3. The lowest BCUT2D eigenvalue weighted by Crippen LogP contribution is -2.30. The Morgan fingerprint density at radius 3 is 0.753 bits per heavy atom. The number of hydrogen-bond acceptors (Lipinski definition) is 6. The fourth-order valence-corrected chi connectivity index (χ4v) is 9.70. The number of unbranched alkanes of at least 4 members (excludes halogenated alkanes) is 33. The van der Waals surface area contributed by atoms with Crippen molar-refractivity contribution < 1.29 is 28.6 Å². The van der Waals surface area contributed by atoms with Gasteiger partial charge >= 0.3 is 17.9 Å². The molecule has 0 rings (SSSR count). The maximum absolute atomic E-state index is 13.0. The average molecular weight is 1130 g/mol. The summed E-state index contributed by atoms with van der Waals surface area (Å²) in [5, 5.41) is 0. The normalized spacial score (nSPS) is 12.8. The van der Waals surface area contributed by atoms with Crippen LogP contribution in [0.25, 0.3) is 0 Å². The molecule has 0 aliphatic heterocycles. The van der Waals surface area contributed by atoms with Crippen LogP contribution >= 0.6 is 0 Å². The Morgan fingerprint density at radius 2 is 0.481 bits per heavy atom. The second-order valence-corrected chi connectivity index (χ2v) is 22.7. The first-order chi connectivity index (χ1) is 40.0. The number of allylic oxidation sites excluding steroid dienone is 18. The number of rotatable bonds is 62. The minimum atomic E-state index is -0.783. The van der Waals surface area contributed by atoms with E-state index in [1.165, 1.54) is 167 Å². The smallest absolute Gasteiger partial charge is 0.306 e. The Balaban J connectivity index is 4.31. The highest BCUT2D eigenvalue weighted by Crippen LogP contribution is 2.17. The second kappa shape index (κ2) is 68.6. The van der Waals surface area contributed by atoms with Gasteiger partial charge in [0.15, 0.2) is 6.10 Å². The van der Waals surface area contributed by atoms with E-state index in [0.29, 0.717) is 19.3 Å². The SMILES string of the molecule is CC/C=C\C/C=C\C/C=C\C/C=C\C/C=C\CCCCCCCCCCCC(=O)OCC(COC(=O)CCCCCCCCCCCCCCC)OC(=O)CCCCCCCCCCCCCC/C=C\C/C=C\C/C=C\C/C=C\CC. The van der Waals surface area contributed by atoms with Gasteiger partial charge in [-0.1, -0.05) is 316 Å². The van der Waals surface area contributed by atoms with Gasteiger partial charge in [0.2, 0.25) is 0 Å². The molecule has 0 fully saturated rings. The fraction of sp³-hybridized carbons (Fsp3) is 0.720. The maximum Gasteiger partial charge on any atom is 0.306 e. The summed E-state index contributed by atoms with van der Waals surface area (Å²) in [7, 11) is 0. The minimum Gasteiger partial charge on any atom is -0.462 e. The van der Waals surface area contributed by atoms with Crippen molar-refractivity contribution in [2.24, 2.45) is 0 Å². The minimum absolute atomic E-state index is 0.0777. The van der Waals surface area contributed by atoms with Crippen LogP contribution in [-0.4, -0.2) is 37.2 Å². The van der Waals surface area contributed by atoms with Crippen molar-refractivity contribution in [2.75, 3.05) is 13.2 Å². The van der Waals surface area contributed by atoms with Gasteiger partial charge in [0.25, 0.3) is 0 Å². The van der Waals surface area contributed by atoms with Gasteiger partial charge < -0.3 is 14.2 Å². The molecule has 464 valence electrons. The molecule has 1 atom stereocenters. The molecule has 0 aromatic carbocycles. The summed E-state index contributed by atoms with van der Waals surface area (Å²) in [4.78, 5) is 38.4. The Labute approximate surface area is 501 Å². The van der Waals surface area contributed by atoms with E-state index in [1.54, 1.807) is 0 Å². The van der Waals surface area contributed by atoms with Gasteiger partial charge in [0, 0.05) is 19.3 Å². The van der Waals surface area contributed by atoms with Gasteiger partial charge in [-0.3, -0.25) is 14.4 Å². The van der Waals surface area contributed by atoms with E-state index in [0.717, 1.165) is 122 Å². The lowest BCUT2D eigenvalue weighted by Gasteiger charge is -2.18. The number of hydrogen-bond donors (Lipinski definition) is 0. The summed E-state index contributed by atoms with van der Waals surface area (Å²) in [6.07, 6.45) is 93.9. The van der Waals surface area contributed by atoms with Crippen LogP contribution in [0.5, 0.6) is 0 Å². The summed E-state index contributed by atoms with van der Waals surface area (Å²) in [5.41, 5.74) is 0. The molecule has 0 saturated carbocycles. The highest BCUT2D eigenvalue weighted by atomic mass is 16.6. The molecule has 0 heterocycles. The van der Waals surface area contributed by atoms with E-state index < -0.39 is 6.10 Å². The predicted octanol–water partition coefficient (Wildman–Crippen LogP) is 23.8. The zero-order valence-electron chi connectivity index (χ0n) is 53.3. The third-order valence-corrected chi connectivity index (χ3v) is 14.8. The first-order valence-electron chi connectivity index (χ1n) is 34.4. The van der Waals surface area contributed by atoms with E-state index in [2.05, 4.69) is 130 Å². The molecule has 0 aromatic rings. The van der Waals surface area contributed by atoms with Gasteiger partial charge in [0.1, 0.15) is 13.2 Å². The molecule has 6 nitrogen and oxygen atoms in total. The molecule has 0 aliphatic rings. The lowest BCUT2D eigenvalue weighted by atomic mass is 10.0. The number of carbonyl (C=O) groups is 3. The maximum atomic E-state index is 13.0. The fourth-order valence-electron chi connectivity index (χ4n) is 9.70. The molecule has 0 N–H and O–H groups in total. The van der Waals surface area contributed by atoms with E-state index in [4.69, 9.17) is 14.2 Å². The first-order valence-corrected chi connectivity index (χ1v) is 34.4. The molecular formula is C75H128O6. The lowest BCUT2D eigenvalue weighted by molar-refractivity contribution is -0.167. The second-order valence-electron chi connectivity index (χ2n) is 22.7. The molecule has 6 heteroatoms. The van der Waals surface area contributed by atoms with Gasteiger partial charge in [-0.05, 0) is 103 Å². The Kier molecular flexibility index (Phi) is 65.2. The van der Waals surface area contributed by atoms with Crippen LogP contribution in [0.3, 0.4) is 0 Å². The van der Waals surface area contributed by atoms with Crippen LogP contribution in [0.4, 0.5) is 0 Å². The van der Waals surface area contributed by atoms with Crippen molar-refractivity contribution in [1.29, 1.82) is 0 Å². The van der Waals surface area contributed by atoms with Crippen LogP contribution < -0.4 is 0 Å². The monoisotopic (exact) mass is 1120 g/mol. The zero-order chi connectivity index (χ0) is 58.5. The third-order valence-electron chi connectivity index (χ3n) is 14.8. The molecule has 0 aliphatic carbocycles. The Hall–Kier alpha value is -3.93. The topological polar surface area (TPSA) is 78.9 Å². The van der Waals surface area contributed by atoms with Crippen LogP contribution in [0, 0.1) is 0 Å². The standard InChI is InChI=1S/C75H128O6/c1-4-7-10-13-16-19-22-25-27-29-31-33-35-37-39-41-43-45-47-50-53-56-59-62-65-68-74(77)80-71-72(70-79-73(76)67-64-61-58-55-52-49-24-21-18-15-12-9-6-3)81-75(78)69-66-63-60-57-54-51-48-46-44-42-40-38-36-34-32-30-28-26-23-20-17-14-11-8-5-2/h7-8,10-11,16-17,19-20,25-28,31-34,37,39,72H,4-6,9,12-15,18,21-24,29-30,35-36,38,40-71H2,1-3H3/b10-7-,11-8-,19-16-,20-17-,27-25-,28-26-,33-31-,34-32-,39-37-. The van der Waals surface area contributed by atoms with Gasteiger partial charge in [-0.15, -0.1) is 0 Å². The van der Waals surface area contributed by atoms with Gasteiger partial charge in [-0.25, -0.2) is 0 Å². The van der Waals surface area contributed by atoms with Gasteiger partial charge in [0.05, 0.1) is 0 Å². The molecule has 0 spiro atoms. The third kappa shape index (κ3) is 66.8. The molecule has 0 amide bonds. The van der Waals surface area contributed by atoms with E-state index in [1.807, 2.05) is 0 Å². The molecule has 0 radical (unpaired) electrons. The number of esters is 3. The van der Waals surface area contributed by atoms with Crippen LogP contribution in [0.2, 0.25) is 0 Å². The first kappa shape index (κ1) is 77.1. The van der Waals surface area contributed by atoms with Gasteiger partial charge in [-0.2, -0.15) is 0 Å². The average Bonchev–Trinajstić information content (AvgIpc) is 3.46. The summed E-state index contributed by atoms with van der Waals surface area (Å²) in [6.45, 7) is 6.44. The molecule has 0 aromatic heterocycles. The highest BCUT2D eigenvalue weighted by molar-refractivity contribution is 5.71. The molecule has 81 heavy (non-hydrogen) atoms. The molecule has 0 saturated heterocycles. The van der Waals surface area contributed by atoms with E-state index in [9.17, 15) is 14.4 Å². The van der Waals surface area contributed by atoms with E-state index >= 15 is 0 Å². The van der Waals surface area contributed by atoms with Crippen molar-refractivity contribution in [2.45, 2.75) is 335 Å². The summed E-state index contributed by atoms with van der Waals surface area (Å²) in [6, 6.07) is 0. The predicted molar refractivity (Wildman–Crippen MR) is 353 cm³/mol. The van der Waals surface area contributed by atoms with Crippen LogP contribution in [0.15, 0.2) is 109 Å². The molecular weight excluding hydrogens is 997 g/mol. The molecule has 1 unspecified atom stereocenters. The van der Waals surface area contributed by atoms with Crippen molar-refractivity contribution in [3.05, 3.63) is 109 Å². The van der Waals surface area contributed by atoms with E-state index in [-0.39, 0.29) is 31.1 Å². The summed E-state index contributed by atoms with van der Waals surface area (Å²) in [5.74, 6) is -0.872. The van der Waals surface area contributed by atoms with Crippen molar-refractivity contribution in [3.8, 4) is 0 Å². The summed E-state index contributed by atoms with van der Waals surface area (Å²) < 4.78 is 17.0. The number of carbonyl (C=O) groups excluding carboxylic acids is 3.